The molecule has 88 valence electrons. The molecule has 1 unspecified atom stereocenters. The predicted octanol–water partition coefficient (Wildman–Crippen LogP) is 1.12. The summed E-state index contributed by atoms with van der Waals surface area (Å²) in [7, 11) is 0. The number of nitrogens with two attached hydrogens (primary N) is 1. The molecule has 1 aliphatic carbocycles. The molecule has 0 aromatic rings. The van der Waals surface area contributed by atoms with Gasteiger partial charge in [-0.1, -0.05) is 12.8 Å². The molecule has 4 heteroatoms. The van der Waals surface area contributed by atoms with Crippen LogP contribution in [0.4, 0.5) is 0 Å². The van der Waals surface area contributed by atoms with Gasteiger partial charge in [-0.05, 0) is 31.6 Å². The molecule has 0 aromatic carbocycles. The third kappa shape index (κ3) is 4.18. The van der Waals surface area contributed by atoms with E-state index in [0.29, 0.717) is 12.3 Å². The zero-order valence-electron chi connectivity index (χ0n) is 9.06. The minimum atomic E-state index is -0.733. The number of carboxylic acids is 1. The third-order valence-electron chi connectivity index (χ3n) is 3.28. The lowest BCUT2D eigenvalue weighted by Gasteiger charge is -2.32. The fourth-order valence-corrected chi connectivity index (χ4v) is 2.31. The molecule has 1 fully saturated rings. The molecule has 1 rings (SSSR count). The van der Waals surface area contributed by atoms with Gasteiger partial charge >= 0.3 is 5.97 Å². The molecule has 0 spiro atoms. The van der Waals surface area contributed by atoms with E-state index in [-0.39, 0.29) is 18.6 Å². The molecule has 3 atom stereocenters. The quantitative estimate of drug-likeness (QED) is 0.600. The first kappa shape index (κ1) is 12.5. The zero-order chi connectivity index (χ0) is 11.3. The molecule has 0 saturated heterocycles. The van der Waals surface area contributed by atoms with Gasteiger partial charge in [0.1, 0.15) is 0 Å². The van der Waals surface area contributed by atoms with Crippen molar-refractivity contribution in [3.05, 3.63) is 0 Å². The first-order valence-corrected chi connectivity index (χ1v) is 5.76. The average Bonchev–Trinajstić information content (AvgIpc) is 2.18. The minimum Gasteiger partial charge on any atom is -0.481 e. The van der Waals surface area contributed by atoms with E-state index in [1.165, 1.54) is 0 Å². The lowest BCUT2D eigenvalue weighted by Crippen LogP contribution is -2.44. The van der Waals surface area contributed by atoms with Gasteiger partial charge in [0.2, 0.25) is 0 Å². The van der Waals surface area contributed by atoms with Gasteiger partial charge in [-0.25, -0.2) is 0 Å². The van der Waals surface area contributed by atoms with E-state index in [1.807, 2.05) is 0 Å². The molecule has 0 heterocycles. The summed E-state index contributed by atoms with van der Waals surface area (Å²) in [6.45, 7) is 0. The highest BCUT2D eigenvalue weighted by Crippen LogP contribution is 2.27. The zero-order valence-corrected chi connectivity index (χ0v) is 9.06. The average molecular weight is 215 g/mol. The molecule has 0 aliphatic heterocycles. The van der Waals surface area contributed by atoms with Crippen LogP contribution >= 0.6 is 0 Å². The van der Waals surface area contributed by atoms with E-state index in [9.17, 15) is 9.90 Å². The molecule has 4 N–H and O–H groups in total. The molecule has 1 saturated carbocycles. The number of carboxylic acid groups (broad SMARTS) is 1. The van der Waals surface area contributed by atoms with Crippen molar-refractivity contribution in [2.24, 2.45) is 11.7 Å². The maximum absolute atomic E-state index is 10.3. The molecule has 15 heavy (non-hydrogen) atoms. The number of carbonyl (C=O) groups is 1. The Morgan fingerprint density at radius 2 is 2.07 bits per heavy atom. The smallest absolute Gasteiger partial charge is 0.303 e. The number of aliphatic hydroxyl groups excluding tert-OH is 1. The second-order valence-electron chi connectivity index (χ2n) is 4.48. The summed E-state index contributed by atoms with van der Waals surface area (Å²) in [5, 5.41) is 18.1. The Hall–Kier alpha value is -0.610. The van der Waals surface area contributed by atoms with Crippen LogP contribution < -0.4 is 5.73 Å². The van der Waals surface area contributed by atoms with Gasteiger partial charge in [-0.15, -0.1) is 0 Å². The number of hydrogen-bond donors (Lipinski definition) is 3. The van der Waals surface area contributed by atoms with E-state index in [1.54, 1.807) is 0 Å². The van der Waals surface area contributed by atoms with Gasteiger partial charge in [0.05, 0.1) is 6.10 Å². The van der Waals surface area contributed by atoms with Crippen LogP contribution in [0.25, 0.3) is 0 Å². The van der Waals surface area contributed by atoms with E-state index in [4.69, 9.17) is 10.8 Å². The van der Waals surface area contributed by atoms with Gasteiger partial charge in [-0.2, -0.15) is 0 Å². The monoisotopic (exact) mass is 215 g/mol. The van der Waals surface area contributed by atoms with Gasteiger partial charge in [0.15, 0.2) is 0 Å². The predicted molar refractivity (Wildman–Crippen MR) is 57.4 cm³/mol. The van der Waals surface area contributed by atoms with E-state index in [2.05, 4.69) is 0 Å². The highest BCUT2D eigenvalue weighted by Gasteiger charge is 2.28. The van der Waals surface area contributed by atoms with Gasteiger partial charge in [-0.3, -0.25) is 4.79 Å². The number of aliphatic carboxylic acids is 1. The minimum absolute atomic E-state index is 0.108. The normalized spacial score (nSPS) is 31.5. The summed E-state index contributed by atoms with van der Waals surface area (Å²) in [5.74, 6) is -0.356. The van der Waals surface area contributed by atoms with Gasteiger partial charge < -0.3 is 15.9 Å². The van der Waals surface area contributed by atoms with Crippen LogP contribution in [0.5, 0.6) is 0 Å². The van der Waals surface area contributed by atoms with Gasteiger partial charge in [0.25, 0.3) is 0 Å². The standard InChI is InChI=1S/C11H21NO3/c12-11-8(5-3-6-9(11)13)4-1-2-7-10(14)15/h8-9,11,13H,1-7,12H2,(H,14,15)/t8?,9-,11-/m0/s1. The van der Waals surface area contributed by atoms with Crippen molar-refractivity contribution in [2.75, 3.05) is 0 Å². The SMILES string of the molecule is N[C@H]1C(CCCCC(=O)O)CCC[C@@H]1O. The van der Waals surface area contributed by atoms with Crippen LogP contribution in [0.2, 0.25) is 0 Å². The number of unbranched alkanes of at least 4 members (excludes halogenated alkanes) is 1. The summed E-state index contributed by atoms with van der Waals surface area (Å²) < 4.78 is 0. The third-order valence-corrected chi connectivity index (χ3v) is 3.28. The van der Waals surface area contributed by atoms with Crippen molar-refractivity contribution in [2.45, 2.75) is 57.1 Å². The van der Waals surface area contributed by atoms with Crippen LogP contribution in [0.3, 0.4) is 0 Å². The van der Waals surface area contributed by atoms with Crippen molar-refractivity contribution >= 4 is 5.97 Å². The fraction of sp³-hybridized carbons (Fsp3) is 0.909. The van der Waals surface area contributed by atoms with Crippen molar-refractivity contribution < 1.29 is 15.0 Å². The fourth-order valence-electron chi connectivity index (χ4n) is 2.31. The van der Waals surface area contributed by atoms with E-state index in [0.717, 1.165) is 32.1 Å². The van der Waals surface area contributed by atoms with Crippen LogP contribution in [-0.4, -0.2) is 28.3 Å². The van der Waals surface area contributed by atoms with Crippen molar-refractivity contribution in [1.82, 2.24) is 0 Å². The largest absolute Gasteiger partial charge is 0.481 e. The maximum atomic E-state index is 10.3. The Bertz CT molecular complexity index is 208. The number of aliphatic hydroxyl groups is 1. The van der Waals surface area contributed by atoms with Crippen LogP contribution in [0, 0.1) is 5.92 Å². The molecular weight excluding hydrogens is 194 g/mol. The number of hydrogen-bond acceptors (Lipinski definition) is 3. The summed E-state index contributed by atoms with van der Waals surface area (Å²) in [5.41, 5.74) is 5.90. The van der Waals surface area contributed by atoms with Crippen LogP contribution in [0.1, 0.15) is 44.9 Å². The summed E-state index contributed by atoms with van der Waals surface area (Å²) >= 11 is 0. The van der Waals surface area contributed by atoms with Crippen LogP contribution in [-0.2, 0) is 4.79 Å². The Labute approximate surface area is 90.5 Å². The van der Waals surface area contributed by atoms with Crippen molar-refractivity contribution in [3.63, 3.8) is 0 Å². The van der Waals surface area contributed by atoms with Gasteiger partial charge in [0, 0.05) is 12.5 Å². The maximum Gasteiger partial charge on any atom is 0.303 e. The molecule has 4 nitrogen and oxygen atoms in total. The van der Waals surface area contributed by atoms with E-state index >= 15 is 0 Å². The second kappa shape index (κ2) is 6.08. The Balaban J connectivity index is 2.17. The van der Waals surface area contributed by atoms with Crippen LogP contribution in [0.15, 0.2) is 0 Å². The molecule has 0 radical (unpaired) electrons. The summed E-state index contributed by atoms with van der Waals surface area (Å²) in [4.78, 5) is 10.3. The van der Waals surface area contributed by atoms with Crippen molar-refractivity contribution in [3.8, 4) is 0 Å². The molecule has 0 amide bonds. The summed E-state index contributed by atoms with van der Waals surface area (Å²) in [6, 6.07) is -0.108. The molecule has 0 aromatic heterocycles. The first-order valence-electron chi connectivity index (χ1n) is 5.76. The Morgan fingerprint density at radius 3 is 2.73 bits per heavy atom. The summed E-state index contributed by atoms with van der Waals surface area (Å²) in [6.07, 6.45) is 5.38. The molecular formula is C11H21NO3. The highest BCUT2D eigenvalue weighted by atomic mass is 16.4. The Kier molecular flexibility index (Phi) is 5.05. The van der Waals surface area contributed by atoms with E-state index < -0.39 is 5.97 Å². The first-order chi connectivity index (χ1) is 7.11. The molecule has 0 bridgehead atoms. The molecule has 1 aliphatic rings. The topological polar surface area (TPSA) is 83.6 Å². The lowest BCUT2D eigenvalue weighted by molar-refractivity contribution is -0.137. The Morgan fingerprint density at radius 1 is 1.33 bits per heavy atom. The second-order valence-corrected chi connectivity index (χ2v) is 4.48. The number of rotatable bonds is 5. The lowest BCUT2D eigenvalue weighted by atomic mass is 9.80. The van der Waals surface area contributed by atoms with Crippen molar-refractivity contribution in [1.29, 1.82) is 0 Å². The highest BCUT2D eigenvalue weighted by molar-refractivity contribution is 5.66.